The van der Waals surface area contributed by atoms with Gasteiger partial charge in [-0.15, -0.1) is 11.3 Å². The topological polar surface area (TPSA) is 39.2 Å². The second kappa shape index (κ2) is 6.71. The van der Waals surface area contributed by atoms with Gasteiger partial charge in [-0.3, -0.25) is 4.79 Å². The summed E-state index contributed by atoms with van der Waals surface area (Å²) in [4.78, 5) is 16.4. The van der Waals surface area contributed by atoms with E-state index in [0.717, 1.165) is 20.8 Å². The maximum absolute atomic E-state index is 12.0. The summed E-state index contributed by atoms with van der Waals surface area (Å²) < 4.78 is 6.48. The van der Waals surface area contributed by atoms with Gasteiger partial charge in [-0.2, -0.15) is 0 Å². The third-order valence-electron chi connectivity index (χ3n) is 3.54. The lowest BCUT2D eigenvalue weighted by Crippen LogP contribution is -2.08. The van der Waals surface area contributed by atoms with Gasteiger partial charge < -0.3 is 4.74 Å². The predicted octanol–water partition coefficient (Wildman–Crippen LogP) is 4.53. The Bertz CT molecular complexity index is 734. The van der Waals surface area contributed by atoms with Crippen molar-refractivity contribution < 1.29 is 9.53 Å². The van der Waals surface area contributed by atoms with Crippen LogP contribution in [0, 0.1) is 0 Å². The van der Waals surface area contributed by atoms with Gasteiger partial charge in [-0.05, 0) is 23.6 Å². The van der Waals surface area contributed by atoms with Gasteiger partial charge in [-0.1, -0.05) is 49.4 Å². The number of ether oxygens (including phenoxy) is 1. The van der Waals surface area contributed by atoms with Crippen molar-refractivity contribution in [2.24, 2.45) is 0 Å². The van der Waals surface area contributed by atoms with E-state index in [2.05, 4.69) is 4.98 Å². The maximum Gasteiger partial charge on any atom is 0.306 e. The zero-order valence-electron chi connectivity index (χ0n) is 12.4. The molecule has 0 aliphatic carbocycles. The fourth-order valence-corrected chi connectivity index (χ4v) is 3.21. The Morgan fingerprint density at radius 3 is 2.64 bits per heavy atom. The van der Waals surface area contributed by atoms with Gasteiger partial charge in [0.2, 0.25) is 0 Å². The molecule has 1 heterocycles. The molecule has 1 aromatic heterocycles. The largest absolute Gasteiger partial charge is 0.458 e. The van der Waals surface area contributed by atoms with Crippen LogP contribution in [0.15, 0.2) is 54.6 Å². The highest BCUT2D eigenvalue weighted by atomic mass is 32.1. The third-order valence-corrected chi connectivity index (χ3v) is 4.55. The fraction of sp³-hybridized carbons (Fsp3) is 0.222. The Kier molecular flexibility index (Phi) is 4.49. The first-order chi connectivity index (χ1) is 10.7. The van der Waals surface area contributed by atoms with E-state index in [1.807, 2.05) is 61.5 Å². The van der Waals surface area contributed by atoms with Gasteiger partial charge in [0.05, 0.1) is 16.6 Å². The van der Waals surface area contributed by atoms with E-state index in [9.17, 15) is 4.79 Å². The number of aromatic nitrogens is 1. The van der Waals surface area contributed by atoms with Crippen molar-refractivity contribution in [2.75, 3.05) is 0 Å². The van der Waals surface area contributed by atoms with Crippen molar-refractivity contribution in [1.29, 1.82) is 0 Å². The summed E-state index contributed by atoms with van der Waals surface area (Å²) in [6, 6.07) is 17.9. The molecule has 0 amide bonds. The summed E-state index contributed by atoms with van der Waals surface area (Å²) in [5.74, 6) is -0.0281. The van der Waals surface area contributed by atoms with E-state index in [-0.39, 0.29) is 18.5 Å². The first-order valence-electron chi connectivity index (χ1n) is 7.27. The molecule has 3 rings (SSSR count). The molecule has 2 aromatic carbocycles. The second-order valence-electron chi connectivity index (χ2n) is 5.25. The van der Waals surface area contributed by atoms with Crippen LogP contribution in [-0.4, -0.2) is 11.0 Å². The Hall–Kier alpha value is -2.20. The highest BCUT2D eigenvalue weighted by Gasteiger charge is 2.13. The molecule has 0 spiro atoms. The number of fused-ring (bicyclic) bond motifs is 1. The maximum atomic E-state index is 12.0. The Labute approximate surface area is 133 Å². The van der Waals surface area contributed by atoms with Crippen molar-refractivity contribution in [3.63, 3.8) is 0 Å². The molecule has 0 aliphatic heterocycles. The van der Waals surface area contributed by atoms with Crippen LogP contribution in [0.25, 0.3) is 10.2 Å². The number of rotatable bonds is 5. The van der Waals surface area contributed by atoms with E-state index < -0.39 is 0 Å². The number of thiazole rings is 1. The van der Waals surface area contributed by atoms with Gasteiger partial charge >= 0.3 is 5.97 Å². The fourth-order valence-electron chi connectivity index (χ4n) is 2.33. The zero-order valence-corrected chi connectivity index (χ0v) is 13.2. The number of esters is 1. The molecule has 0 aliphatic rings. The molecule has 0 bridgehead atoms. The van der Waals surface area contributed by atoms with Crippen LogP contribution in [0.5, 0.6) is 0 Å². The molecule has 0 fully saturated rings. The van der Waals surface area contributed by atoms with Gasteiger partial charge in [-0.25, -0.2) is 4.98 Å². The molecule has 0 saturated carbocycles. The van der Waals surface area contributed by atoms with E-state index >= 15 is 0 Å². The van der Waals surface area contributed by atoms with Crippen LogP contribution in [0.2, 0.25) is 0 Å². The molecular weight excluding hydrogens is 294 g/mol. The summed E-state index contributed by atoms with van der Waals surface area (Å²) in [6.45, 7) is 2.29. The molecule has 4 heteroatoms. The van der Waals surface area contributed by atoms with Crippen LogP contribution in [0.4, 0.5) is 0 Å². The Morgan fingerprint density at radius 2 is 1.86 bits per heavy atom. The number of hydrogen-bond acceptors (Lipinski definition) is 4. The number of para-hydroxylation sites is 1. The van der Waals surface area contributed by atoms with Crippen molar-refractivity contribution in [1.82, 2.24) is 4.98 Å². The van der Waals surface area contributed by atoms with Gasteiger partial charge in [0.15, 0.2) is 0 Å². The summed E-state index contributed by atoms with van der Waals surface area (Å²) in [6.07, 6.45) is 0.384. The van der Waals surface area contributed by atoms with Crippen LogP contribution < -0.4 is 0 Å². The lowest BCUT2D eigenvalue weighted by Gasteiger charge is -2.10. The minimum absolute atomic E-state index is 0.157. The molecular formula is C18H17NO2S. The average Bonchev–Trinajstić information content (AvgIpc) is 2.96. The number of hydrogen-bond donors (Lipinski definition) is 0. The summed E-state index contributed by atoms with van der Waals surface area (Å²) in [7, 11) is 0. The monoisotopic (exact) mass is 311 g/mol. The standard InChI is InChI=1S/C18H17NO2S/c1-13(14-7-3-2-4-8-14)11-18(20)21-12-17-19-15-9-5-6-10-16(15)22-17/h2-10,13H,11-12H2,1H3. The van der Waals surface area contributed by atoms with Crippen molar-refractivity contribution in [2.45, 2.75) is 25.9 Å². The van der Waals surface area contributed by atoms with Gasteiger partial charge in [0.1, 0.15) is 11.6 Å². The van der Waals surface area contributed by atoms with Crippen molar-refractivity contribution in [3.05, 3.63) is 65.2 Å². The second-order valence-corrected chi connectivity index (χ2v) is 6.37. The van der Waals surface area contributed by atoms with E-state index in [4.69, 9.17) is 4.74 Å². The average molecular weight is 311 g/mol. The van der Waals surface area contributed by atoms with E-state index in [1.165, 1.54) is 0 Å². The minimum atomic E-state index is -0.185. The van der Waals surface area contributed by atoms with Crippen molar-refractivity contribution >= 4 is 27.5 Å². The van der Waals surface area contributed by atoms with E-state index in [1.54, 1.807) is 11.3 Å². The highest BCUT2D eigenvalue weighted by molar-refractivity contribution is 7.18. The molecule has 3 nitrogen and oxygen atoms in total. The minimum Gasteiger partial charge on any atom is -0.458 e. The summed E-state index contributed by atoms with van der Waals surface area (Å²) in [5, 5.41) is 0.835. The predicted molar refractivity (Wildman–Crippen MR) is 88.9 cm³/mol. The first-order valence-corrected chi connectivity index (χ1v) is 8.09. The number of carbonyl (C=O) groups excluding carboxylic acids is 1. The lowest BCUT2D eigenvalue weighted by molar-refractivity contribution is -0.145. The highest BCUT2D eigenvalue weighted by Crippen LogP contribution is 2.23. The molecule has 0 saturated heterocycles. The zero-order chi connectivity index (χ0) is 15.4. The molecule has 112 valence electrons. The quantitative estimate of drug-likeness (QED) is 0.650. The molecule has 1 atom stereocenters. The van der Waals surface area contributed by atoms with E-state index in [0.29, 0.717) is 6.42 Å². The molecule has 0 radical (unpaired) electrons. The number of carbonyl (C=O) groups is 1. The van der Waals surface area contributed by atoms with Crippen LogP contribution >= 0.6 is 11.3 Å². The summed E-state index contributed by atoms with van der Waals surface area (Å²) in [5.41, 5.74) is 2.11. The van der Waals surface area contributed by atoms with Crippen LogP contribution in [0.3, 0.4) is 0 Å². The normalized spacial score (nSPS) is 12.2. The van der Waals surface area contributed by atoms with Gasteiger partial charge in [0.25, 0.3) is 0 Å². The van der Waals surface area contributed by atoms with Crippen molar-refractivity contribution in [3.8, 4) is 0 Å². The molecule has 3 aromatic rings. The SMILES string of the molecule is CC(CC(=O)OCc1nc2ccccc2s1)c1ccccc1. The number of nitrogens with zero attached hydrogens (tertiary/aromatic N) is 1. The molecule has 1 unspecified atom stereocenters. The first kappa shape index (κ1) is 14.7. The summed E-state index contributed by atoms with van der Waals surface area (Å²) >= 11 is 1.57. The Balaban J connectivity index is 1.56. The molecule has 22 heavy (non-hydrogen) atoms. The van der Waals surface area contributed by atoms with Crippen LogP contribution in [0.1, 0.15) is 29.8 Å². The van der Waals surface area contributed by atoms with Crippen LogP contribution in [-0.2, 0) is 16.1 Å². The molecule has 0 N–H and O–H groups in total. The lowest BCUT2D eigenvalue weighted by atomic mass is 9.98. The van der Waals surface area contributed by atoms with Gasteiger partial charge in [0, 0.05) is 0 Å². The smallest absolute Gasteiger partial charge is 0.306 e. The Morgan fingerprint density at radius 1 is 1.14 bits per heavy atom. The number of benzene rings is 2. The third kappa shape index (κ3) is 3.52.